The number of rotatable bonds is 3. The Labute approximate surface area is 94.0 Å². The molecule has 0 amide bonds. The Hall–Kier alpha value is -0.0800. The van der Waals surface area contributed by atoms with Crippen LogP contribution in [0.3, 0.4) is 0 Å². The summed E-state index contributed by atoms with van der Waals surface area (Å²) in [7, 11) is 1.86. The van der Waals surface area contributed by atoms with Crippen molar-refractivity contribution >= 4 is 0 Å². The van der Waals surface area contributed by atoms with E-state index in [0.29, 0.717) is 6.10 Å². The van der Waals surface area contributed by atoms with Crippen LogP contribution in [0.2, 0.25) is 0 Å². The van der Waals surface area contributed by atoms with Gasteiger partial charge in [0.05, 0.1) is 6.10 Å². The van der Waals surface area contributed by atoms with Crippen molar-refractivity contribution in [1.82, 2.24) is 4.90 Å². The molecular weight excluding hydrogens is 186 g/mol. The van der Waals surface area contributed by atoms with E-state index < -0.39 is 0 Å². The standard InChI is InChI=1S/C13H25NO/c1-15-13-7-5-12(6-8-13)11-14-9-3-2-4-10-14/h12-13H,2-11H2,1H3. The minimum Gasteiger partial charge on any atom is -0.381 e. The van der Waals surface area contributed by atoms with Crippen molar-refractivity contribution in [3.8, 4) is 0 Å². The third-order valence-electron chi connectivity index (χ3n) is 4.09. The zero-order valence-corrected chi connectivity index (χ0v) is 10.1. The van der Waals surface area contributed by atoms with Gasteiger partial charge in [-0.3, -0.25) is 0 Å². The predicted octanol–water partition coefficient (Wildman–Crippen LogP) is 2.68. The van der Waals surface area contributed by atoms with Gasteiger partial charge in [0, 0.05) is 13.7 Å². The number of methoxy groups -OCH3 is 1. The van der Waals surface area contributed by atoms with Crippen LogP contribution in [-0.4, -0.2) is 37.7 Å². The van der Waals surface area contributed by atoms with Crippen LogP contribution in [0.1, 0.15) is 44.9 Å². The molecule has 0 radical (unpaired) electrons. The lowest BCUT2D eigenvalue weighted by molar-refractivity contribution is 0.0481. The van der Waals surface area contributed by atoms with Gasteiger partial charge in [0.1, 0.15) is 0 Å². The highest BCUT2D eigenvalue weighted by Crippen LogP contribution is 2.27. The van der Waals surface area contributed by atoms with Crippen LogP contribution in [0.25, 0.3) is 0 Å². The second-order valence-corrected chi connectivity index (χ2v) is 5.24. The molecule has 0 N–H and O–H groups in total. The molecule has 2 nitrogen and oxygen atoms in total. The van der Waals surface area contributed by atoms with Crippen LogP contribution < -0.4 is 0 Å². The first-order chi connectivity index (χ1) is 7.38. The SMILES string of the molecule is COC1CCC(CN2CCCCC2)CC1. The van der Waals surface area contributed by atoms with Gasteiger partial charge in [0.2, 0.25) is 0 Å². The predicted molar refractivity (Wildman–Crippen MR) is 63.0 cm³/mol. The van der Waals surface area contributed by atoms with Gasteiger partial charge in [-0.2, -0.15) is 0 Å². The molecular formula is C13H25NO. The molecule has 0 bridgehead atoms. The fourth-order valence-electron chi connectivity index (χ4n) is 3.06. The van der Waals surface area contributed by atoms with E-state index in [9.17, 15) is 0 Å². The summed E-state index contributed by atoms with van der Waals surface area (Å²) in [5, 5.41) is 0. The smallest absolute Gasteiger partial charge is 0.0571 e. The normalized spacial score (nSPS) is 34.2. The Bertz CT molecular complexity index is 169. The van der Waals surface area contributed by atoms with E-state index in [0.717, 1.165) is 5.92 Å². The van der Waals surface area contributed by atoms with E-state index in [-0.39, 0.29) is 0 Å². The van der Waals surface area contributed by atoms with E-state index in [2.05, 4.69) is 4.90 Å². The van der Waals surface area contributed by atoms with Crippen LogP contribution >= 0.6 is 0 Å². The summed E-state index contributed by atoms with van der Waals surface area (Å²) < 4.78 is 5.42. The fraction of sp³-hybridized carbons (Fsp3) is 1.00. The number of hydrogen-bond acceptors (Lipinski definition) is 2. The quantitative estimate of drug-likeness (QED) is 0.711. The molecule has 1 aliphatic carbocycles. The second-order valence-electron chi connectivity index (χ2n) is 5.24. The Morgan fingerprint density at radius 1 is 1.00 bits per heavy atom. The molecule has 0 aromatic heterocycles. The van der Waals surface area contributed by atoms with Gasteiger partial charge in [0.15, 0.2) is 0 Å². The molecule has 1 saturated carbocycles. The lowest BCUT2D eigenvalue weighted by atomic mass is 9.86. The van der Waals surface area contributed by atoms with Gasteiger partial charge < -0.3 is 9.64 Å². The number of nitrogens with zero attached hydrogens (tertiary/aromatic N) is 1. The molecule has 15 heavy (non-hydrogen) atoms. The highest BCUT2D eigenvalue weighted by molar-refractivity contribution is 4.76. The monoisotopic (exact) mass is 211 g/mol. The summed E-state index contributed by atoms with van der Waals surface area (Å²) in [5.74, 6) is 0.953. The van der Waals surface area contributed by atoms with Crippen LogP contribution in [0.5, 0.6) is 0 Å². The van der Waals surface area contributed by atoms with Crippen molar-refractivity contribution in [1.29, 1.82) is 0 Å². The van der Waals surface area contributed by atoms with E-state index in [1.807, 2.05) is 7.11 Å². The third kappa shape index (κ3) is 3.46. The lowest BCUT2D eigenvalue weighted by Gasteiger charge is -2.34. The average molecular weight is 211 g/mol. The van der Waals surface area contributed by atoms with Gasteiger partial charge in [-0.05, 0) is 57.5 Å². The summed E-state index contributed by atoms with van der Waals surface area (Å²) in [5.41, 5.74) is 0. The van der Waals surface area contributed by atoms with E-state index in [4.69, 9.17) is 4.74 Å². The summed E-state index contributed by atoms with van der Waals surface area (Å²) in [6, 6.07) is 0. The Balaban J connectivity index is 1.67. The summed E-state index contributed by atoms with van der Waals surface area (Å²) in [6.07, 6.45) is 10.2. The Morgan fingerprint density at radius 2 is 1.67 bits per heavy atom. The molecule has 0 atom stereocenters. The number of ether oxygens (including phenoxy) is 1. The number of likely N-dealkylation sites (tertiary alicyclic amines) is 1. The van der Waals surface area contributed by atoms with Gasteiger partial charge in [-0.15, -0.1) is 0 Å². The molecule has 2 heteroatoms. The highest BCUT2D eigenvalue weighted by Gasteiger charge is 2.23. The maximum absolute atomic E-state index is 5.42. The van der Waals surface area contributed by atoms with Crippen molar-refractivity contribution in [3.63, 3.8) is 0 Å². The van der Waals surface area contributed by atoms with Crippen molar-refractivity contribution in [2.45, 2.75) is 51.0 Å². The molecule has 0 spiro atoms. The van der Waals surface area contributed by atoms with E-state index >= 15 is 0 Å². The number of hydrogen-bond donors (Lipinski definition) is 0. The molecule has 1 aliphatic heterocycles. The lowest BCUT2D eigenvalue weighted by Crippen LogP contribution is -2.36. The third-order valence-corrected chi connectivity index (χ3v) is 4.09. The maximum atomic E-state index is 5.42. The first kappa shape index (κ1) is 11.4. The van der Waals surface area contributed by atoms with Gasteiger partial charge >= 0.3 is 0 Å². The molecule has 0 aromatic carbocycles. The Morgan fingerprint density at radius 3 is 2.27 bits per heavy atom. The van der Waals surface area contributed by atoms with Crippen molar-refractivity contribution in [2.24, 2.45) is 5.92 Å². The van der Waals surface area contributed by atoms with E-state index in [1.54, 1.807) is 0 Å². The molecule has 2 rings (SSSR count). The molecule has 0 unspecified atom stereocenters. The molecule has 88 valence electrons. The maximum Gasteiger partial charge on any atom is 0.0571 e. The van der Waals surface area contributed by atoms with Crippen LogP contribution in [0.15, 0.2) is 0 Å². The largest absolute Gasteiger partial charge is 0.381 e. The van der Waals surface area contributed by atoms with Crippen molar-refractivity contribution in [3.05, 3.63) is 0 Å². The number of piperidine rings is 1. The van der Waals surface area contributed by atoms with E-state index in [1.165, 1.54) is 64.6 Å². The molecule has 2 aliphatic rings. The first-order valence-corrected chi connectivity index (χ1v) is 6.63. The van der Waals surface area contributed by atoms with Crippen LogP contribution in [0.4, 0.5) is 0 Å². The average Bonchev–Trinajstić information content (AvgIpc) is 2.31. The van der Waals surface area contributed by atoms with Gasteiger partial charge in [-0.25, -0.2) is 0 Å². The first-order valence-electron chi connectivity index (χ1n) is 6.63. The van der Waals surface area contributed by atoms with Gasteiger partial charge in [-0.1, -0.05) is 6.42 Å². The molecule has 1 heterocycles. The molecule has 0 aromatic rings. The summed E-state index contributed by atoms with van der Waals surface area (Å²) in [4.78, 5) is 2.68. The highest BCUT2D eigenvalue weighted by atomic mass is 16.5. The van der Waals surface area contributed by atoms with Gasteiger partial charge in [0.25, 0.3) is 0 Å². The fourth-order valence-corrected chi connectivity index (χ4v) is 3.06. The van der Waals surface area contributed by atoms with Crippen LogP contribution in [-0.2, 0) is 4.74 Å². The summed E-state index contributed by atoms with van der Waals surface area (Å²) in [6.45, 7) is 4.06. The minimum atomic E-state index is 0.558. The van der Waals surface area contributed by atoms with Crippen molar-refractivity contribution < 1.29 is 4.74 Å². The second kappa shape index (κ2) is 5.86. The topological polar surface area (TPSA) is 12.5 Å². The molecule has 1 saturated heterocycles. The zero-order chi connectivity index (χ0) is 10.5. The molecule has 2 fully saturated rings. The Kier molecular flexibility index (Phi) is 4.45. The van der Waals surface area contributed by atoms with Crippen LogP contribution in [0, 0.1) is 5.92 Å². The summed E-state index contributed by atoms with van der Waals surface area (Å²) >= 11 is 0. The zero-order valence-electron chi connectivity index (χ0n) is 10.1. The van der Waals surface area contributed by atoms with Crippen molar-refractivity contribution in [2.75, 3.05) is 26.7 Å². The minimum absolute atomic E-state index is 0.558.